The largest absolute Gasteiger partial charge is 0.504 e. The third-order valence-electron chi connectivity index (χ3n) is 10.3. The first kappa shape index (κ1) is 36.3. The summed E-state index contributed by atoms with van der Waals surface area (Å²) in [7, 11) is 3.07. The number of hydrogen-bond donors (Lipinski definition) is 4. The van der Waals surface area contributed by atoms with Gasteiger partial charge in [-0.15, -0.1) is 4.99 Å². The zero-order valence-electron chi connectivity index (χ0n) is 30.0. The van der Waals surface area contributed by atoms with Crippen molar-refractivity contribution in [1.29, 1.82) is 0 Å². The number of Topliss-reactive ketones (excluding diaryl/α,β-unsaturated/α-hetero) is 1. The summed E-state index contributed by atoms with van der Waals surface area (Å²) in [6.45, 7) is 3.86. The van der Waals surface area contributed by atoms with E-state index in [0.29, 0.717) is 43.6 Å². The number of nitrogens with one attached hydrogen (secondary N) is 1. The lowest BCUT2D eigenvalue weighted by molar-refractivity contribution is -0.125. The average molecular weight is 700 g/mol. The Hall–Kier alpha value is -5.47. The second kappa shape index (κ2) is 16.7. The van der Waals surface area contributed by atoms with Crippen molar-refractivity contribution in [3.05, 3.63) is 137 Å². The molecule has 0 fully saturated rings. The van der Waals surface area contributed by atoms with Gasteiger partial charge < -0.3 is 29.8 Å². The van der Waals surface area contributed by atoms with Crippen molar-refractivity contribution < 1.29 is 29.6 Å². The van der Waals surface area contributed by atoms with Crippen molar-refractivity contribution in [2.75, 3.05) is 14.2 Å². The minimum Gasteiger partial charge on any atom is -0.504 e. The van der Waals surface area contributed by atoms with E-state index in [2.05, 4.69) is 41.2 Å². The van der Waals surface area contributed by atoms with Gasteiger partial charge in [-0.2, -0.15) is 0 Å². The van der Waals surface area contributed by atoms with Gasteiger partial charge in [0, 0.05) is 43.1 Å². The summed E-state index contributed by atoms with van der Waals surface area (Å²) in [5.74, 6) is 0.0741. The second-order valence-electron chi connectivity index (χ2n) is 13.6. The highest BCUT2D eigenvalue weighted by Crippen LogP contribution is 2.38. The molecule has 0 amide bonds. The number of phenols is 2. The van der Waals surface area contributed by atoms with Crippen LogP contribution < -0.4 is 9.47 Å². The minimum atomic E-state index is -0.951. The highest BCUT2D eigenvalue weighted by molar-refractivity contribution is 5.88. The van der Waals surface area contributed by atoms with Gasteiger partial charge in [-0.25, -0.2) is 0 Å². The molecule has 0 aliphatic carbocycles. The molecule has 0 radical (unpaired) electrons. The lowest BCUT2D eigenvalue weighted by Gasteiger charge is -2.26. The number of fused-ring (bicyclic) bond motifs is 1. The molecule has 8 nitrogen and oxygen atoms in total. The molecule has 1 aliphatic heterocycles. The van der Waals surface area contributed by atoms with Crippen LogP contribution >= 0.6 is 0 Å². The van der Waals surface area contributed by atoms with Gasteiger partial charge >= 0.3 is 0 Å². The number of aromatic hydroxyl groups is 2. The molecule has 8 heteroatoms. The monoisotopic (exact) mass is 699 g/mol. The molecule has 1 aromatic heterocycles. The molecule has 52 heavy (non-hydrogen) atoms. The molecule has 6 rings (SSSR count). The van der Waals surface area contributed by atoms with Gasteiger partial charge in [-0.05, 0) is 94.5 Å². The number of aliphatic imine (C=N–C) groups is 1. The van der Waals surface area contributed by atoms with E-state index in [1.165, 1.54) is 18.2 Å². The van der Waals surface area contributed by atoms with Gasteiger partial charge in [0.2, 0.25) is 0 Å². The van der Waals surface area contributed by atoms with E-state index in [0.717, 1.165) is 45.0 Å². The molecular formula is C44H47N2O6+. The van der Waals surface area contributed by atoms with Crippen LogP contribution in [-0.2, 0) is 36.9 Å². The number of carbonyl (C=O) groups is 1. The van der Waals surface area contributed by atoms with Gasteiger partial charge in [-0.1, -0.05) is 55.5 Å². The van der Waals surface area contributed by atoms with Gasteiger partial charge in [0.05, 0.1) is 26.4 Å². The zero-order chi connectivity index (χ0) is 36.6. The molecular weight excluding hydrogens is 652 g/mol. The molecule has 2 heterocycles. The lowest BCUT2D eigenvalue weighted by atomic mass is 9.81. The molecule has 1 aliphatic rings. The molecule has 0 spiro atoms. The standard InChI is InChI=1S/C44H46N2O6/c1-4-31-10-11-32-7-5-6-8-36(32)37(31)24-38-33(12-14-40(48)44(38)52-3)23-35(21-30-16-18-46-27-30)42(50)25-41(49)34(20-29-15-17-45-26-29)19-28-9-13-39(47)43(22-28)51-2/h5-18,22,26-27,34-35,42,46,50H,4,19-21,23-25H2,1-3H3,(H-,47,48)/p+1. The Balaban J connectivity index is 1.32. The number of rotatable bonds is 17. The summed E-state index contributed by atoms with van der Waals surface area (Å²) in [6.07, 6.45) is 9.76. The summed E-state index contributed by atoms with van der Waals surface area (Å²) in [6, 6.07) is 23.4. The Morgan fingerprint density at radius 2 is 1.67 bits per heavy atom. The van der Waals surface area contributed by atoms with Gasteiger partial charge in [0.15, 0.2) is 29.2 Å². The number of H-pyrrole nitrogens is 1. The molecule has 0 saturated carbocycles. The van der Waals surface area contributed by atoms with Crippen LogP contribution in [0.15, 0.2) is 102 Å². The van der Waals surface area contributed by atoms with Crippen LogP contribution in [0, 0.1) is 18.4 Å². The number of nitrogens with zero attached hydrogens (tertiary/aromatic N) is 1. The summed E-state index contributed by atoms with van der Waals surface area (Å²) in [5.41, 5.74) is 7.05. The van der Waals surface area contributed by atoms with Crippen molar-refractivity contribution in [3.8, 4) is 23.0 Å². The highest BCUT2D eigenvalue weighted by atomic mass is 16.5. The van der Waals surface area contributed by atoms with Gasteiger partial charge in [0.25, 0.3) is 0 Å². The Morgan fingerprint density at radius 3 is 2.40 bits per heavy atom. The van der Waals surface area contributed by atoms with E-state index >= 15 is 0 Å². The van der Waals surface area contributed by atoms with Gasteiger partial charge in [0.1, 0.15) is 17.9 Å². The first-order valence-corrected chi connectivity index (χ1v) is 17.9. The first-order valence-electron chi connectivity index (χ1n) is 17.9. The second-order valence-corrected chi connectivity index (χ2v) is 13.6. The Bertz CT molecular complexity index is 2070. The maximum absolute atomic E-state index is 14.2. The Kier molecular flexibility index (Phi) is 11.7. The normalized spacial score (nSPS) is 14.1. The van der Waals surface area contributed by atoms with Crippen LogP contribution in [0.5, 0.6) is 23.0 Å². The Morgan fingerprint density at radius 1 is 0.865 bits per heavy atom. The van der Waals surface area contributed by atoms with E-state index in [1.807, 2.05) is 42.7 Å². The number of phenolic OH excluding ortho intramolecular Hbond substituents is 2. The van der Waals surface area contributed by atoms with Gasteiger partial charge in [-0.3, -0.25) is 4.79 Å². The maximum Gasteiger partial charge on any atom is 0.176 e. The highest BCUT2D eigenvalue weighted by Gasteiger charge is 2.31. The maximum atomic E-state index is 14.2. The smallest absolute Gasteiger partial charge is 0.176 e. The molecule has 4 N–H and O–H groups in total. The van der Waals surface area contributed by atoms with E-state index < -0.39 is 12.0 Å². The lowest BCUT2D eigenvalue weighted by Crippen LogP contribution is -2.31. The van der Waals surface area contributed by atoms with Crippen LogP contribution in [-0.4, -0.2) is 52.6 Å². The van der Waals surface area contributed by atoms with Crippen molar-refractivity contribution in [2.45, 2.75) is 58.0 Å². The van der Waals surface area contributed by atoms with E-state index in [-0.39, 0.29) is 29.6 Å². The number of methoxy groups -OCH3 is 2. The number of aliphatic hydroxyl groups is 1. The van der Waals surface area contributed by atoms with Crippen molar-refractivity contribution in [1.82, 2.24) is 4.98 Å². The molecule has 268 valence electrons. The number of aromatic nitrogens is 1. The summed E-state index contributed by atoms with van der Waals surface area (Å²) < 4.78 is 11.2. The van der Waals surface area contributed by atoms with Crippen molar-refractivity contribution in [3.63, 3.8) is 0 Å². The third kappa shape index (κ3) is 8.35. The summed E-state index contributed by atoms with van der Waals surface area (Å²) in [5, 5.41) is 35.5. The molecule has 3 unspecified atom stereocenters. The fraction of sp³-hybridized carbons (Fsp3) is 0.295. The van der Waals surface area contributed by atoms with Crippen LogP contribution in [0.25, 0.3) is 10.8 Å². The number of carbonyl (C=O) groups excluding carboxylic acids is 1. The number of hydrogen-bond acceptors (Lipinski definition) is 7. The predicted octanol–water partition coefficient (Wildman–Crippen LogP) is 7.89. The van der Waals surface area contributed by atoms with Crippen LogP contribution in [0.1, 0.15) is 53.1 Å². The third-order valence-corrected chi connectivity index (χ3v) is 10.3. The van der Waals surface area contributed by atoms with Crippen molar-refractivity contribution in [2.24, 2.45) is 16.8 Å². The number of ketones is 1. The van der Waals surface area contributed by atoms with Crippen LogP contribution in [0.3, 0.4) is 0 Å². The van der Waals surface area contributed by atoms with Crippen LogP contribution in [0.4, 0.5) is 0 Å². The fourth-order valence-electron chi connectivity index (χ4n) is 7.48. The van der Waals surface area contributed by atoms with E-state index in [9.17, 15) is 20.1 Å². The number of aliphatic hydroxyl groups excluding tert-OH is 1. The average Bonchev–Trinajstić information content (AvgIpc) is 3.88. The van der Waals surface area contributed by atoms with E-state index in [4.69, 9.17) is 9.47 Å². The SMILES string of the molecule is CCc1ccc2ccccc2c1Cc1c(CC(Cc2cc[nH]c2)C(O)CC(=O)C(CC2=C[CH+]N=C2)Cc2ccc(O)c(OC)c2)ccc(O)c1OC. The zero-order valence-corrected chi connectivity index (χ0v) is 30.0. The van der Waals surface area contributed by atoms with Crippen LogP contribution in [0.2, 0.25) is 0 Å². The number of allylic oxidation sites excluding steroid dienone is 1. The topological polar surface area (TPSA) is 124 Å². The molecule has 0 bridgehead atoms. The summed E-state index contributed by atoms with van der Waals surface area (Å²) >= 11 is 0. The fourth-order valence-corrected chi connectivity index (χ4v) is 7.48. The minimum absolute atomic E-state index is 0.0308. The summed E-state index contributed by atoms with van der Waals surface area (Å²) in [4.78, 5) is 21.5. The van der Waals surface area contributed by atoms with E-state index in [1.54, 1.807) is 44.1 Å². The Labute approximate surface area is 305 Å². The number of benzene rings is 4. The quantitative estimate of drug-likeness (QED) is 0.0732. The number of aryl methyl sites for hydroxylation is 1. The van der Waals surface area contributed by atoms with Crippen molar-refractivity contribution >= 4 is 22.8 Å². The number of aromatic amines is 1. The molecule has 4 aromatic carbocycles. The predicted molar refractivity (Wildman–Crippen MR) is 205 cm³/mol. The number of ether oxygens (including phenoxy) is 2. The first-order chi connectivity index (χ1) is 25.3. The molecule has 5 aromatic rings. The molecule has 0 saturated heterocycles. The molecule has 3 atom stereocenters.